The summed E-state index contributed by atoms with van der Waals surface area (Å²) in [6.45, 7) is 2.46. The van der Waals surface area contributed by atoms with Gasteiger partial charge in [0, 0.05) is 24.8 Å². The first-order valence-corrected chi connectivity index (χ1v) is 12.5. The van der Waals surface area contributed by atoms with Gasteiger partial charge in [0.2, 0.25) is 15.9 Å². The maximum absolute atomic E-state index is 13.4. The number of hydrogen-bond acceptors (Lipinski definition) is 7. The number of sulfonamides is 1. The van der Waals surface area contributed by atoms with Gasteiger partial charge in [-0.2, -0.15) is 4.31 Å². The van der Waals surface area contributed by atoms with Crippen molar-refractivity contribution in [3.05, 3.63) is 48.0 Å². The summed E-state index contributed by atoms with van der Waals surface area (Å²) in [6, 6.07) is 11.5. The topological polar surface area (TPSA) is 111 Å². The molecule has 0 radical (unpaired) electrons. The minimum Gasteiger partial charge on any atom is -0.497 e. The fourth-order valence-corrected chi connectivity index (χ4v) is 5.52. The number of carbonyl (C=O) groups excluding carboxylic acids is 2. The highest BCUT2D eigenvalue weighted by atomic mass is 32.2. The molecule has 0 saturated carbocycles. The first-order chi connectivity index (χ1) is 16.3. The molecule has 1 aliphatic heterocycles. The number of benzene rings is 2. The number of methoxy groups -OCH3 is 2. The minimum absolute atomic E-state index is 0.00703. The zero-order chi connectivity index (χ0) is 24.7. The van der Waals surface area contributed by atoms with E-state index in [0.29, 0.717) is 37.4 Å². The maximum atomic E-state index is 13.4. The lowest BCUT2D eigenvalue weighted by atomic mass is 9.98. The number of ether oxygens (including phenoxy) is 3. The van der Waals surface area contributed by atoms with E-state index in [4.69, 9.17) is 14.2 Å². The molecule has 34 heavy (non-hydrogen) atoms. The molecule has 184 valence electrons. The van der Waals surface area contributed by atoms with Gasteiger partial charge in [-0.1, -0.05) is 12.1 Å². The second-order valence-corrected chi connectivity index (χ2v) is 9.79. The molecule has 2 aromatic carbocycles. The van der Waals surface area contributed by atoms with Crippen LogP contribution >= 0.6 is 0 Å². The Hall–Kier alpha value is -3.11. The van der Waals surface area contributed by atoms with Crippen LogP contribution in [0.3, 0.4) is 0 Å². The molecule has 1 N–H and O–H groups in total. The van der Waals surface area contributed by atoms with Crippen molar-refractivity contribution in [3.8, 4) is 11.5 Å². The van der Waals surface area contributed by atoms with Crippen molar-refractivity contribution in [2.75, 3.05) is 39.2 Å². The molecular weight excluding hydrogens is 460 g/mol. The molecular formula is C24H30N2O7S. The lowest BCUT2D eigenvalue weighted by molar-refractivity contribution is -0.142. The number of nitrogens with zero attached hydrogens (tertiary/aromatic N) is 1. The highest BCUT2D eigenvalue weighted by Crippen LogP contribution is 2.33. The van der Waals surface area contributed by atoms with Crippen molar-refractivity contribution in [3.63, 3.8) is 0 Å². The van der Waals surface area contributed by atoms with Crippen LogP contribution < -0.4 is 14.8 Å². The second kappa shape index (κ2) is 11.3. The standard InChI is InChI=1S/C24H30N2O7S/c1-4-33-23(27)14-17-7-9-19(10-8-17)25-24(28)18-6-5-13-26(16-18)34(29,30)22-15-20(31-2)11-12-21(22)32-3/h7-12,15,18H,4-6,13-14,16H2,1-3H3,(H,25,28)/t18-/m1/s1. The minimum atomic E-state index is -3.89. The highest BCUT2D eigenvalue weighted by molar-refractivity contribution is 7.89. The van der Waals surface area contributed by atoms with Crippen LogP contribution in [-0.2, 0) is 30.8 Å². The number of hydrogen-bond donors (Lipinski definition) is 1. The molecule has 9 nitrogen and oxygen atoms in total. The van der Waals surface area contributed by atoms with Gasteiger partial charge in [0.15, 0.2) is 0 Å². The smallest absolute Gasteiger partial charge is 0.310 e. The van der Waals surface area contributed by atoms with Crippen LogP contribution in [0.5, 0.6) is 11.5 Å². The van der Waals surface area contributed by atoms with Gasteiger partial charge >= 0.3 is 5.97 Å². The molecule has 1 atom stereocenters. The van der Waals surface area contributed by atoms with Crippen molar-refractivity contribution in [2.24, 2.45) is 5.92 Å². The zero-order valence-corrected chi connectivity index (χ0v) is 20.4. The van der Waals surface area contributed by atoms with Gasteiger partial charge in [-0.25, -0.2) is 8.42 Å². The van der Waals surface area contributed by atoms with Crippen LogP contribution in [0, 0.1) is 5.92 Å². The Kier molecular flexibility index (Phi) is 8.51. The molecule has 0 spiro atoms. The maximum Gasteiger partial charge on any atom is 0.310 e. The zero-order valence-electron chi connectivity index (χ0n) is 19.6. The summed E-state index contributed by atoms with van der Waals surface area (Å²) in [5.41, 5.74) is 1.35. The van der Waals surface area contributed by atoms with Crippen molar-refractivity contribution < 1.29 is 32.2 Å². The number of esters is 1. The molecule has 1 heterocycles. The number of piperidine rings is 1. The fourth-order valence-electron chi connectivity index (χ4n) is 3.83. The summed E-state index contributed by atoms with van der Waals surface area (Å²) in [4.78, 5) is 24.5. The van der Waals surface area contributed by atoms with E-state index in [-0.39, 0.29) is 35.5 Å². The van der Waals surface area contributed by atoms with Crippen molar-refractivity contribution in [1.29, 1.82) is 0 Å². The van der Waals surface area contributed by atoms with Gasteiger partial charge < -0.3 is 19.5 Å². The molecule has 3 rings (SSSR count). The first-order valence-electron chi connectivity index (χ1n) is 11.1. The quantitative estimate of drug-likeness (QED) is 0.538. The van der Waals surface area contributed by atoms with Crippen LogP contribution in [0.4, 0.5) is 5.69 Å². The van der Waals surface area contributed by atoms with Gasteiger partial charge in [0.25, 0.3) is 0 Å². The summed E-state index contributed by atoms with van der Waals surface area (Å²) in [7, 11) is -1.02. The highest BCUT2D eigenvalue weighted by Gasteiger charge is 2.35. The average molecular weight is 491 g/mol. The molecule has 2 aromatic rings. The second-order valence-electron chi connectivity index (χ2n) is 7.89. The third kappa shape index (κ3) is 6.06. The number of carbonyl (C=O) groups is 2. The van der Waals surface area contributed by atoms with Gasteiger partial charge in [-0.15, -0.1) is 0 Å². The molecule has 1 aliphatic rings. The van der Waals surface area contributed by atoms with Gasteiger partial charge in [0.1, 0.15) is 16.4 Å². The van der Waals surface area contributed by atoms with E-state index in [1.54, 1.807) is 43.3 Å². The Labute approximate surface area is 200 Å². The molecule has 1 fully saturated rings. The van der Waals surface area contributed by atoms with Crippen molar-refractivity contribution in [1.82, 2.24) is 4.31 Å². The summed E-state index contributed by atoms with van der Waals surface area (Å²) >= 11 is 0. The Morgan fingerprint density at radius 2 is 1.82 bits per heavy atom. The van der Waals surface area contributed by atoms with E-state index in [1.807, 2.05) is 0 Å². The van der Waals surface area contributed by atoms with E-state index >= 15 is 0 Å². The van der Waals surface area contributed by atoms with E-state index in [9.17, 15) is 18.0 Å². The Balaban J connectivity index is 1.68. The normalized spacial score (nSPS) is 16.5. The van der Waals surface area contributed by atoms with E-state index in [2.05, 4.69) is 5.32 Å². The Morgan fingerprint density at radius 1 is 1.09 bits per heavy atom. The Bertz CT molecular complexity index is 1120. The summed E-state index contributed by atoms with van der Waals surface area (Å²) in [5.74, 6) is -0.446. The van der Waals surface area contributed by atoms with Crippen molar-refractivity contribution in [2.45, 2.75) is 31.1 Å². The van der Waals surface area contributed by atoms with Crippen molar-refractivity contribution >= 4 is 27.6 Å². The van der Waals surface area contributed by atoms with E-state index in [0.717, 1.165) is 5.56 Å². The molecule has 0 unspecified atom stereocenters. The van der Waals surface area contributed by atoms with Gasteiger partial charge in [-0.05, 0) is 49.6 Å². The molecule has 0 aliphatic carbocycles. The lowest BCUT2D eigenvalue weighted by Gasteiger charge is -2.31. The number of rotatable bonds is 9. The third-order valence-corrected chi connectivity index (χ3v) is 7.51. The monoisotopic (exact) mass is 490 g/mol. The summed E-state index contributed by atoms with van der Waals surface area (Å²) in [5, 5.41) is 2.85. The molecule has 1 saturated heterocycles. The van der Waals surface area contributed by atoms with Crippen LogP contribution in [0.15, 0.2) is 47.4 Å². The third-order valence-electron chi connectivity index (χ3n) is 5.62. The largest absolute Gasteiger partial charge is 0.497 e. The number of anilines is 1. The van der Waals surface area contributed by atoms with Crippen LogP contribution in [-0.4, -0.2) is 58.5 Å². The van der Waals surface area contributed by atoms with Crippen LogP contribution in [0.25, 0.3) is 0 Å². The molecule has 0 aromatic heterocycles. The lowest BCUT2D eigenvalue weighted by Crippen LogP contribution is -2.43. The number of amides is 1. The number of nitrogens with one attached hydrogen (secondary N) is 1. The fraction of sp³-hybridized carbons (Fsp3) is 0.417. The predicted molar refractivity (Wildman–Crippen MR) is 126 cm³/mol. The average Bonchev–Trinajstić information content (AvgIpc) is 2.85. The van der Waals surface area contributed by atoms with E-state index in [1.165, 1.54) is 24.6 Å². The van der Waals surface area contributed by atoms with E-state index < -0.39 is 15.9 Å². The summed E-state index contributed by atoms with van der Waals surface area (Å²) in [6.07, 6.45) is 1.29. The molecule has 0 bridgehead atoms. The van der Waals surface area contributed by atoms with Crippen LogP contribution in [0.2, 0.25) is 0 Å². The Morgan fingerprint density at radius 3 is 2.47 bits per heavy atom. The molecule has 10 heteroatoms. The predicted octanol–water partition coefficient (Wildman–Crippen LogP) is 2.85. The first kappa shape index (κ1) is 25.5. The summed E-state index contributed by atoms with van der Waals surface area (Å²) < 4.78 is 43.4. The van der Waals surface area contributed by atoms with Crippen LogP contribution in [0.1, 0.15) is 25.3 Å². The molecule has 1 amide bonds. The SMILES string of the molecule is CCOC(=O)Cc1ccc(NC(=O)[C@@H]2CCCN(S(=O)(=O)c3cc(OC)ccc3OC)C2)cc1. The van der Waals surface area contributed by atoms with Gasteiger partial charge in [0.05, 0.1) is 33.2 Å². The van der Waals surface area contributed by atoms with Gasteiger partial charge in [-0.3, -0.25) is 9.59 Å².